The zero-order chi connectivity index (χ0) is 30.3. The normalized spacial score (nSPS) is 22.7. The van der Waals surface area contributed by atoms with E-state index >= 15 is 0 Å². The van der Waals surface area contributed by atoms with Crippen LogP contribution in [0.5, 0.6) is 0 Å². The fourth-order valence-corrected chi connectivity index (χ4v) is 8.07. The summed E-state index contributed by atoms with van der Waals surface area (Å²) < 4.78 is 0. The molecule has 4 atom stereocenters. The molecule has 4 aromatic rings. The summed E-state index contributed by atoms with van der Waals surface area (Å²) in [5, 5.41) is 41.5. The van der Waals surface area contributed by atoms with E-state index in [4.69, 9.17) is 0 Å². The maximum Gasteiger partial charge on any atom is 0.133 e. The maximum atomic E-state index is 10.5. The van der Waals surface area contributed by atoms with Gasteiger partial charge in [-0.1, -0.05) is 127 Å². The zero-order valence-corrected chi connectivity index (χ0v) is 23.6. The molecule has 0 radical (unpaired) electrons. The number of fused-ring (bicyclic) bond motifs is 5. The number of allylic oxidation sites excluding steroid dienone is 8. The molecule has 4 aromatic carbocycles. The summed E-state index contributed by atoms with van der Waals surface area (Å²) in [4.78, 5) is 0. The number of hydrogen-bond acceptors (Lipinski definition) is 4. The number of rotatable bonds is 4. The van der Waals surface area contributed by atoms with Crippen molar-refractivity contribution in [2.45, 2.75) is 5.41 Å². The number of nitriles is 4. The average Bonchev–Trinajstić information content (AvgIpc) is 3.72. The lowest BCUT2D eigenvalue weighted by molar-refractivity contribution is 0.399. The number of hydrogen-bond donors (Lipinski definition) is 0. The lowest BCUT2D eigenvalue weighted by Crippen LogP contribution is -2.40. The summed E-state index contributed by atoms with van der Waals surface area (Å²) in [6, 6.07) is 49.4. The number of benzene rings is 4. The van der Waals surface area contributed by atoms with Gasteiger partial charge >= 0.3 is 0 Å². The smallest absolute Gasteiger partial charge is 0.133 e. The molecule has 2 bridgehead atoms. The molecular formula is C40H24N4. The second-order valence-electron chi connectivity index (χ2n) is 11.2. The molecule has 0 saturated heterocycles. The van der Waals surface area contributed by atoms with Crippen molar-refractivity contribution in [2.75, 3.05) is 0 Å². The van der Waals surface area contributed by atoms with Crippen molar-refractivity contribution in [1.82, 2.24) is 0 Å². The van der Waals surface area contributed by atoms with Gasteiger partial charge in [-0.05, 0) is 50.1 Å². The molecule has 0 aromatic heterocycles. The van der Waals surface area contributed by atoms with E-state index in [1.165, 1.54) is 0 Å². The van der Waals surface area contributed by atoms with Gasteiger partial charge in [0, 0.05) is 23.2 Å². The van der Waals surface area contributed by atoms with E-state index in [0.717, 1.165) is 44.5 Å². The van der Waals surface area contributed by atoms with Crippen molar-refractivity contribution in [1.29, 1.82) is 21.0 Å². The van der Waals surface area contributed by atoms with Crippen molar-refractivity contribution in [3.8, 4) is 24.3 Å². The Balaban J connectivity index is 1.73. The molecule has 0 aliphatic heterocycles. The van der Waals surface area contributed by atoms with Crippen LogP contribution in [0.2, 0.25) is 0 Å². The SMILES string of the molecule is N#CC(C#N)=C1C=C(c2ccccc2)[C@@]2(c3ccccc3)C1[C@H]1C(c3ccccc3)=C(c3ccccc3)[C@@H]2C1=C(C#N)C#N. The highest BCUT2D eigenvalue weighted by molar-refractivity contribution is 6.06. The lowest BCUT2D eigenvalue weighted by atomic mass is 9.56. The predicted molar refractivity (Wildman–Crippen MR) is 169 cm³/mol. The number of nitrogens with zero attached hydrogens (tertiary/aromatic N) is 4. The first-order chi connectivity index (χ1) is 21.7. The Kier molecular flexibility index (Phi) is 6.41. The lowest BCUT2D eigenvalue weighted by Gasteiger charge is -2.44. The highest BCUT2D eigenvalue weighted by Gasteiger charge is 2.70. The summed E-state index contributed by atoms with van der Waals surface area (Å²) in [5.74, 6) is -1.22. The van der Waals surface area contributed by atoms with Crippen LogP contribution in [0, 0.1) is 63.1 Å². The van der Waals surface area contributed by atoms with Gasteiger partial charge in [0.05, 0.1) is 0 Å². The van der Waals surface area contributed by atoms with Crippen molar-refractivity contribution in [2.24, 2.45) is 17.8 Å². The fraction of sp³-hybridized carbons (Fsp3) is 0.100. The summed E-state index contributed by atoms with van der Waals surface area (Å²) in [5.41, 5.74) is 7.85. The van der Waals surface area contributed by atoms with Crippen LogP contribution < -0.4 is 0 Å². The summed E-state index contributed by atoms with van der Waals surface area (Å²) in [6.45, 7) is 0. The second-order valence-corrected chi connectivity index (χ2v) is 11.2. The highest BCUT2D eigenvalue weighted by atomic mass is 14.7. The van der Waals surface area contributed by atoms with Gasteiger partial charge < -0.3 is 0 Å². The average molecular weight is 561 g/mol. The van der Waals surface area contributed by atoms with E-state index in [9.17, 15) is 21.0 Å². The largest absolute Gasteiger partial charge is 0.192 e. The van der Waals surface area contributed by atoms with Gasteiger partial charge in [0.25, 0.3) is 0 Å². The summed E-state index contributed by atoms with van der Waals surface area (Å²) >= 11 is 0. The fourth-order valence-electron chi connectivity index (χ4n) is 8.07. The van der Waals surface area contributed by atoms with Crippen LogP contribution in [0.15, 0.2) is 150 Å². The molecule has 7 rings (SSSR count). The van der Waals surface area contributed by atoms with Crippen LogP contribution in [0.25, 0.3) is 16.7 Å². The molecule has 1 unspecified atom stereocenters. The molecule has 0 heterocycles. The molecule has 1 saturated carbocycles. The first kappa shape index (κ1) is 26.7. The van der Waals surface area contributed by atoms with E-state index in [1.54, 1.807) is 0 Å². The van der Waals surface area contributed by atoms with Gasteiger partial charge in [-0.2, -0.15) is 21.0 Å². The van der Waals surface area contributed by atoms with Gasteiger partial charge in [0.2, 0.25) is 0 Å². The van der Waals surface area contributed by atoms with Crippen LogP contribution in [0.3, 0.4) is 0 Å². The first-order valence-corrected chi connectivity index (χ1v) is 14.5. The highest BCUT2D eigenvalue weighted by Crippen LogP contribution is 2.76. The molecular weight excluding hydrogens is 536 g/mol. The Morgan fingerprint density at radius 3 is 1.48 bits per heavy atom. The topological polar surface area (TPSA) is 95.2 Å². The minimum absolute atomic E-state index is 0.0530. The molecule has 0 amide bonds. The summed E-state index contributed by atoms with van der Waals surface area (Å²) in [7, 11) is 0. The van der Waals surface area contributed by atoms with Crippen LogP contribution in [0.1, 0.15) is 22.3 Å². The van der Waals surface area contributed by atoms with Gasteiger partial charge in [0.1, 0.15) is 35.4 Å². The third-order valence-electron chi connectivity index (χ3n) is 9.43. The molecule has 4 heteroatoms. The molecule has 3 aliphatic carbocycles. The van der Waals surface area contributed by atoms with E-state index < -0.39 is 23.2 Å². The van der Waals surface area contributed by atoms with Crippen LogP contribution >= 0.6 is 0 Å². The minimum atomic E-state index is -0.792. The molecule has 204 valence electrons. The maximum absolute atomic E-state index is 10.5. The third-order valence-corrected chi connectivity index (χ3v) is 9.43. The standard InChI is InChI=1S/C40H24N4/c41-22-29(23-42)32-21-33(26-13-5-1-6-14-26)40(31-19-11-4-12-20-31)38(32)37-34(27-15-7-2-8-16-27)35(28-17-9-3-10-18-28)39(40)36(37)30(24-43)25-44/h1-21,37-39H/t37-,38?,39+,40-/m0/s1. The van der Waals surface area contributed by atoms with E-state index in [-0.39, 0.29) is 11.1 Å². The Labute approximate surface area is 256 Å². The van der Waals surface area contributed by atoms with Crippen molar-refractivity contribution < 1.29 is 0 Å². The molecule has 44 heavy (non-hydrogen) atoms. The van der Waals surface area contributed by atoms with Crippen LogP contribution in [-0.2, 0) is 5.41 Å². The van der Waals surface area contributed by atoms with E-state index in [1.807, 2.05) is 78.9 Å². The summed E-state index contributed by atoms with van der Waals surface area (Å²) in [6.07, 6.45) is 2.04. The molecule has 0 N–H and O–H groups in total. The second kappa shape index (κ2) is 10.6. The van der Waals surface area contributed by atoms with Crippen LogP contribution in [-0.4, -0.2) is 0 Å². The first-order valence-electron chi connectivity index (χ1n) is 14.5. The minimum Gasteiger partial charge on any atom is -0.192 e. The Hall–Kier alpha value is -6.20. The van der Waals surface area contributed by atoms with Gasteiger partial charge in [-0.3, -0.25) is 0 Å². The van der Waals surface area contributed by atoms with Crippen molar-refractivity contribution in [3.05, 3.63) is 172 Å². The monoisotopic (exact) mass is 560 g/mol. The van der Waals surface area contributed by atoms with E-state index in [2.05, 4.69) is 72.8 Å². The van der Waals surface area contributed by atoms with Gasteiger partial charge in [-0.25, -0.2) is 0 Å². The predicted octanol–water partition coefficient (Wildman–Crippen LogP) is 8.20. The Bertz CT molecular complexity index is 2060. The van der Waals surface area contributed by atoms with Crippen molar-refractivity contribution in [3.63, 3.8) is 0 Å². The molecule has 1 fully saturated rings. The quantitative estimate of drug-likeness (QED) is 0.235. The van der Waals surface area contributed by atoms with Crippen LogP contribution in [0.4, 0.5) is 0 Å². The molecule has 3 aliphatic rings. The zero-order valence-electron chi connectivity index (χ0n) is 23.6. The molecule has 0 spiro atoms. The van der Waals surface area contributed by atoms with Crippen molar-refractivity contribution >= 4 is 16.7 Å². The van der Waals surface area contributed by atoms with Gasteiger partial charge in [-0.15, -0.1) is 0 Å². The third kappa shape index (κ3) is 3.60. The van der Waals surface area contributed by atoms with E-state index in [0.29, 0.717) is 5.57 Å². The molecule has 4 nitrogen and oxygen atoms in total. The Morgan fingerprint density at radius 1 is 0.523 bits per heavy atom. The van der Waals surface area contributed by atoms with Gasteiger partial charge in [0.15, 0.2) is 0 Å². The Morgan fingerprint density at radius 2 is 0.977 bits per heavy atom.